The zero-order valence-corrected chi connectivity index (χ0v) is 19.3. The van der Waals surface area contributed by atoms with E-state index < -0.39 is 11.4 Å². The van der Waals surface area contributed by atoms with E-state index in [1.54, 1.807) is 13.8 Å². The van der Waals surface area contributed by atoms with E-state index in [9.17, 15) is 14.4 Å². The van der Waals surface area contributed by atoms with Crippen LogP contribution in [0.3, 0.4) is 0 Å². The summed E-state index contributed by atoms with van der Waals surface area (Å²) in [6, 6.07) is -0.252. The molecule has 0 saturated heterocycles. The fourth-order valence-corrected chi connectivity index (χ4v) is 6.92. The first-order valence-electron chi connectivity index (χ1n) is 12.1. The summed E-state index contributed by atoms with van der Waals surface area (Å²) in [5.74, 6) is 1.40. The third-order valence-corrected chi connectivity index (χ3v) is 7.74. The Kier molecular flexibility index (Phi) is 7.53. The quantitative estimate of drug-likeness (QED) is 0.403. The third-order valence-electron chi connectivity index (χ3n) is 7.74. The Hall–Kier alpha value is -1.79. The maximum Gasteiger partial charge on any atom is 0.315 e. The maximum atomic E-state index is 12.3. The van der Waals surface area contributed by atoms with E-state index in [4.69, 9.17) is 10.8 Å². The fraction of sp³-hybridized carbons (Fsp3) is 0.875. The maximum absolute atomic E-state index is 12.3. The van der Waals surface area contributed by atoms with Gasteiger partial charge in [0.15, 0.2) is 0 Å². The van der Waals surface area contributed by atoms with Gasteiger partial charge >= 0.3 is 12.0 Å². The number of nitrogens with two attached hydrogens (primary N) is 1. The number of aliphatic carboxylic acids is 1. The SMILES string of the molecule is CC(C)(CC(=O)O)CC(=O)NCCCCCCN(C(N)=O)C12CC3CC(CC(C3)C1)C2. The predicted octanol–water partition coefficient (Wildman–Crippen LogP) is 3.90. The van der Waals surface area contributed by atoms with Gasteiger partial charge in [-0.15, -0.1) is 0 Å². The standard InChI is InChI=1S/C24H41N3O4/c1-23(2,16-21(29)30)15-20(28)26-7-5-3-4-6-8-27(22(25)31)24-12-17-9-18(13-24)11-19(10-17)14-24/h17-19H,3-16H2,1-2H3,(H2,25,31)(H,26,28)(H,29,30). The molecule has 31 heavy (non-hydrogen) atoms. The normalized spacial score (nSPS) is 29.0. The van der Waals surface area contributed by atoms with Gasteiger partial charge < -0.3 is 21.1 Å². The summed E-state index contributed by atoms with van der Waals surface area (Å²) in [6.07, 6.45) is 11.5. The van der Waals surface area contributed by atoms with Crippen LogP contribution in [0.5, 0.6) is 0 Å². The molecule has 4 fully saturated rings. The summed E-state index contributed by atoms with van der Waals surface area (Å²) >= 11 is 0. The molecular formula is C24H41N3O4. The summed E-state index contributed by atoms with van der Waals surface area (Å²) < 4.78 is 0. The Bertz CT molecular complexity index is 640. The van der Waals surface area contributed by atoms with Crippen molar-refractivity contribution in [1.29, 1.82) is 0 Å². The van der Waals surface area contributed by atoms with Crippen molar-refractivity contribution in [2.24, 2.45) is 28.9 Å². The smallest absolute Gasteiger partial charge is 0.315 e. The molecule has 4 N–H and O–H groups in total. The Morgan fingerprint density at radius 3 is 2.03 bits per heavy atom. The molecule has 0 unspecified atom stereocenters. The van der Waals surface area contributed by atoms with Crippen molar-refractivity contribution in [1.82, 2.24) is 10.2 Å². The second-order valence-corrected chi connectivity index (χ2v) is 11.3. The predicted molar refractivity (Wildman–Crippen MR) is 119 cm³/mol. The van der Waals surface area contributed by atoms with E-state index in [1.165, 1.54) is 19.3 Å². The van der Waals surface area contributed by atoms with Gasteiger partial charge in [0.05, 0.1) is 6.42 Å². The fourth-order valence-electron chi connectivity index (χ4n) is 6.92. The van der Waals surface area contributed by atoms with Crippen LogP contribution < -0.4 is 11.1 Å². The minimum absolute atomic E-state index is 0.0134. The largest absolute Gasteiger partial charge is 0.481 e. The number of nitrogens with one attached hydrogen (secondary N) is 1. The number of nitrogens with zero attached hydrogens (tertiary/aromatic N) is 1. The van der Waals surface area contributed by atoms with Gasteiger partial charge in [-0.3, -0.25) is 9.59 Å². The zero-order chi connectivity index (χ0) is 22.6. The first-order chi connectivity index (χ1) is 14.6. The van der Waals surface area contributed by atoms with E-state index in [1.807, 2.05) is 4.90 Å². The van der Waals surface area contributed by atoms with E-state index in [-0.39, 0.29) is 30.3 Å². The number of carboxylic acids is 1. The van der Waals surface area contributed by atoms with Gasteiger partial charge in [-0.2, -0.15) is 0 Å². The van der Waals surface area contributed by atoms with Gasteiger partial charge in [-0.05, 0) is 74.5 Å². The topological polar surface area (TPSA) is 113 Å². The van der Waals surface area contributed by atoms with Gasteiger partial charge in [-0.1, -0.05) is 26.7 Å². The van der Waals surface area contributed by atoms with Gasteiger partial charge in [-0.25, -0.2) is 4.79 Å². The van der Waals surface area contributed by atoms with Crippen molar-refractivity contribution in [2.75, 3.05) is 13.1 Å². The molecule has 0 radical (unpaired) electrons. The summed E-state index contributed by atoms with van der Waals surface area (Å²) in [5, 5.41) is 11.8. The second-order valence-electron chi connectivity index (χ2n) is 11.3. The van der Waals surface area contributed by atoms with Crippen molar-refractivity contribution in [2.45, 2.75) is 96.4 Å². The molecule has 4 aliphatic rings. The van der Waals surface area contributed by atoms with E-state index in [0.29, 0.717) is 6.54 Å². The Morgan fingerprint density at radius 1 is 0.968 bits per heavy atom. The monoisotopic (exact) mass is 435 g/mol. The number of carboxylic acid groups (broad SMARTS) is 1. The molecule has 0 aromatic carbocycles. The van der Waals surface area contributed by atoms with Crippen LogP contribution in [0.2, 0.25) is 0 Å². The molecule has 0 aromatic heterocycles. The molecule has 4 rings (SSSR count). The van der Waals surface area contributed by atoms with Gasteiger partial charge in [0.1, 0.15) is 0 Å². The molecule has 4 aliphatic carbocycles. The van der Waals surface area contributed by atoms with Crippen LogP contribution in [0.25, 0.3) is 0 Å². The van der Waals surface area contributed by atoms with Crippen LogP contribution in [-0.4, -0.2) is 46.5 Å². The van der Waals surface area contributed by atoms with Gasteiger partial charge in [0.25, 0.3) is 0 Å². The number of urea groups is 1. The number of rotatable bonds is 12. The van der Waals surface area contributed by atoms with Crippen LogP contribution in [-0.2, 0) is 9.59 Å². The molecular weight excluding hydrogens is 394 g/mol. The zero-order valence-electron chi connectivity index (χ0n) is 19.3. The van der Waals surface area contributed by atoms with Crippen molar-refractivity contribution in [3.63, 3.8) is 0 Å². The van der Waals surface area contributed by atoms with Crippen molar-refractivity contribution in [3.8, 4) is 0 Å². The Morgan fingerprint density at radius 2 is 1.52 bits per heavy atom. The molecule has 3 amide bonds. The average Bonchev–Trinajstić information content (AvgIpc) is 2.60. The second kappa shape index (κ2) is 9.78. The first kappa shape index (κ1) is 23.9. The number of carbonyl (C=O) groups excluding carboxylic acids is 2. The van der Waals surface area contributed by atoms with Crippen LogP contribution >= 0.6 is 0 Å². The number of unbranched alkanes of at least 4 members (excludes halogenated alkanes) is 3. The number of carbonyl (C=O) groups is 3. The Balaban J connectivity index is 1.33. The van der Waals surface area contributed by atoms with Crippen LogP contribution in [0.1, 0.15) is 90.9 Å². The van der Waals surface area contributed by atoms with Crippen molar-refractivity contribution >= 4 is 17.9 Å². The summed E-state index contributed by atoms with van der Waals surface area (Å²) in [7, 11) is 0. The molecule has 0 spiro atoms. The molecule has 7 heteroatoms. The van der Waals surface area contributed by atoms with E-state index in [0.717, 1.165) is 69.2 Å². The first-order valence-corrected chi connectivity index (χ1v) is 12.1. The van der Waals surface area contributed by atoms with Gasteiger partial charge in [0.2, 0.25) is 5.91 Å². The molecule has 0 aromatic rings. The molecule has 7 nitrogen and oxygen atoms in total. The molecule has 176 valence electrons. The molecule has 4 bridgehead atoms. The van der Waals surface area contributed by atoms with Crippen LogP contribution in [0, 0.1) is 23.2 Å². The van der Waals surface area contributed by atoms with Crippen molar-refractivity contribution in [3.05, 3.63) is 0 Å². The molecule has 0 aliphatic heterocycles. The lowest BCUT2D eigenvalue weighted by Crippen LogP contribution is -2.62. The minimum atomic E-state index is -0.878. The highest BCUT2D eigenvalue weighted by Crippen LogP contribution is 2.57. The highest BCUT2D eigenvalue weighted by molar-refractivity contribution is 5.77. The summed E-state index contributed by atoms with van der Waals surface area (Å²) in [4.78, 5) is 37.2. The van der Waals surface area contributed by atoms with E-state index in [2.05, 4.69) is 5.32 Å². The summed E-state index contributed by atoms with van der Waals surface area (Å²) in [5.41, 5.74) is 5.33. The van der Waals surface area contributed by atoms with Crippen molar-refractivity contribution < 1.29 is 19.5 Å². The number of amides is 3. The number of primary amides is 1. The average molecular weight is 436 g/mol. The highest BCUT2D eigenvalue weighted by Gasteiger charge is 2.54. The Labute approximate surface area is 186 Å². The van der Waals surface area contributed by atoms with Gasteiger partial charge in [0, 0.05) is 25.0 Å². The highest BCUT2D eigenvalue weighted by atomic mass is 16.4. The number of hydrogen-bond acceptors (Lipinski definition) is 3. The molecule has 4 saturated carbocycles. The minimum Gasteiger partial charge on any atom is -0.481 e. The molecule has 0 atom stereocenters. The summed E-state index contributed by atoms with van der Waals surface area (Å²) in [6.45, 7) is 4.96. The van der Waals surface area contributed by atoms with E-state index >= 15 is 0 Å². The lowest BCUT2D eigenvalue weighted by molar-refractivity contribution is -0.139. The lowest BCUT2D eigenvalue weighted by atomic mass is 9.52. The lowest BCUT2D eigenvalue weighted by Gasteiger charge is -2.60. The third kappa shape index (κ3) is 6.36. The van der Waals surface area contributed by atoms with Crippen LogP contribution in [0.4, 0.5) is 4.79 Å². The molecule has 0 heterocycles. The number of hydrogen-bond donors (Lipinski definition) is 3. The van der Waals surface area contributed by atoms with Crippen LogP contribution in [0.15, 0.2) is 0 Å².